The van der Waals surface area contributed by atoms with Gasteiger partial charge in [-0.3, -0.25) is 0 Å². The van der Waals surface area contributed by atoms with E-state index in [0.717, 1.165) is 30.2 Å². The highest BCUT2D eigenvalue weighted by Gasteiger charge is 2.32. The number of carbonyl (C=O) groups excluding carboxylic acids is 1. The van der Waals surface area contributed by atoms with E-state index in [2.05, 4.69) is 9.72 Å². The molecule has 2 aromatic rings. The Balaban J connectivity index is 2.11. The Morgan fingerprint density at radius 2 is 1.88 bits per heavy atom. The topological polar surface area (TPSA) is 59.4 Å². The van der Waals surface area contributed by atoms with E-state index in [4.69, 9.17) is 0 Å². The first kappa shape index (κ1) is 18.0. The van der Waals surface area contributed by atoms with E-state index in [1.807, 2.05) is 0 Å². The van der Waals surface area contributed by atoms with Crippen LogP contribution in [-0.2, 0) is 10.9 Å². The Morgan fingerprint density at radius 1 is 1.15 bits per heavy atom. The van der Waals surface area contributed by atoms with E-state index in [1.165, 1.54) is 13.2 Å². The van der Waals surface area contributed by atoms with Gasteiger partial charge in [-0.15, -0.1) is 0 Å². The van der Waals surface area contributed by atoms with E-state index in [1.54, 1.807) is 12.1 Å². The first-order chi connectivity index (χ1) is 12.3. The van der Waals surface area contributed by atoms with Gasteiger partial charge in [0, 0.05) is 5.56 Å². The lowest BCUT2D eigenvalue weighted by Gasteiger charge is -2.13. The van der Waals surface area contributed by atoms with Crippen LogP contribution < -0.4 is 0 Å². The van der Waals surface area contributed by atoms with Gasteiger partial charge in [-0.2, -0.15) is 13.2 Å². The van der Waals surface area contributed by atoms with Crippen LogP contribution in [0.15, 0.2) is 36.4 Å². The minimum atomic E-state index is -4.50. The minimum Gasteiger partial charge on any atom is -0.507 e. The molecule has 0 spiro atoms. The lowest BCUT2D eigenvalue weighted by Crippen LogP contribution is -2.06. The van der Waals surface area contributed by atoms with E-state index in [9.17, 15) is 23.1 Å². The summed E-state index contributed by atoms with van der Waals surface area (Å²) >= 11 is 0. The number of benzene rings is 1. The molecule has 0 saturated carbocycles. The highest BCUT2D eigenvalue weighted by atomic mass is 19.4. The van der Waals surface area contributed by atoms with E-state index in [-0.39, 0.29) is 17.0 Å². The summed E-state index contributed by atoms with van der Waals surface area (Å²) in [6, 6.07) is 7.71. The lowest BCUT2D eigenvalue weighted by molar-refractivity contribution is -0.137. The highest BCUT2D eigenvalue weighted by molar-refractivity contribution is 5.94. The molecule has 1 aliphatic rings. The number of methoxy groups -OCH3 is 1. The summed E-state index contributed by atoms with van der Waals surface area (Å²) in [6.45, 7) is 0. The number of hydrogen-bond acceptors (Lipinski definition) is 4. The number of pyridine rings is 1. The van der Waals surface area contributed by atoms with Gasteiger partial charge in [0.1, 0.15) is 11.4 Å². The molecule has 1 N–H and O–H groups in total. The van der Waals surface area contributed by atoms with Crippen molar-refractivity contribution in [3.05, 3.63) is 58.9 Å². The minimum absolute atomic E-state index is 0.122. The second kappa shape index (κ2) is 6.82. The number of halogens is 3. The van der Waals surface area contributed by atoms with Crippen molar-refractivity contribution in [1.29, 1.82) is 0 Å². The zero-order chi connectivity index (χ0) is 18.9. The normalized spacial score (nSPS) is 14.6. The van der Waals surface area contributed by atoms with Gasteiger partial charge >= 0.3 is 12.1 Å². The third-order valence-electron chi connectivity index (χ3n) is 4.32. The van der Waals surface area contributed by atoms with Gasteiger partial charge in [-0.05, 0) is 60.7 Å². The Morgan fingerprint density at radius 3 is 2.58 bits per heavy atom. The van der Waals surface area contributed by atoms with Gasteiger partial charge in [0.15, 0.2) is 0 Å². The summed E-state index contributed by atoms with van der Waals surface area (Å²) in [5, 5.41) is 10.1. The molecule has 1 aliphatic carbocycles. The van der Waals surface area contributed by atoms with Crippen LogP contribution in [0.3, 0.4) is 0 Å². The molecule has 0 unspecified atom stereocenters. The number of allylic oxidation sites excluding steroid dienone is 2. The molecule has 1 aromatic heterocycles. The number of phenolic OH excluding ortho intramolecular Hbond substituents is 1. The predicted octanol–water partition coefficient (Wildman–Crippen LogP) is 4.69. The van der Waals surface area contributed by atoms with Gasteiger partial charge in [0.2, 0.25) is 0 Å². The number of phenols is 1. The molecule has 3 rings (SSSR count). The number of aromatic nitrogens is 1. The van der Waals surface area contributed by atoms with Crippen LogP contribution in [0.4, 0.5) is 13.2 Å². The standard InChI is InChI=1S/C19H16F3NO3/c1-26-18(25)16-7-3-6-15(23-16)13-5-2-4-12(13)14-10-11(19(20,21)22)8-9-17(14)24/h3,6-10,24H,2,4-5H2,1H3. The summed E-state index contributed by atoms with van der Waals surface area (Å²) < 4.78 is 43.7. The first-order valence-corrected chi connectivity index (χ1v) is 7.99. The summed E-state index contributed by atoms with van der Waals surface area (Å²) in [5.74, 6) is -0.801. The second-order valence-corrected chi connectivity index (χ2v) is 5.94. The molecule has 0 aliphatic heterocycles. The van der Waals surface area contributed by atoms with Crippen LogP contribution in [0, 0.1) is 0 Å². The van der Waals surface area contributed by atoms with Crippen molar-refractivity contribution in [1.82, 2.24) is 4.98 Å². The molecule has 4 nitrogen and oxygen atoms in total. The van der Waals surface area contributed by atoms with Crippen molar-refractivity contribution in [2.75, 3.05) is 7.11 Å². The molecule has 0 bridgehead atoms. The molecule has 0 radical (unpaired) electrons. The summed E-state index contributed by atoms with van der Waals surface area (Å²) in [6.07, 6.45) is -2.65. The van der Waals surface area contributed by atoms with Crippen molar-refractivity contribution >= 4 is 17.1 Å². The van der Waals surface area contributed by atoms with Crippen LogP contribution in [0.25, 0.3) is 11.1 Å². The molecule has 0 atom stereocenters. The summed E-state index contributed by atoms with van der Waals surface area (Å²) in [7, 11) is 1.25. The molecular formula is C19H16F3NO3. The van der Waals surface area contributed by atoms with Gasteiger partial charge in [-0.1, -0.05) is 6.07 Å². The van der Waals surface area contributed by atoms with Crippen molar-refractivity contribution in [2.24, 2.45) is 0 Å². The predicted molar refractivity (Wildman–Crippen MR) is 89.4 cm³/mol. The smallest absolute Gasteiger partial charge is 0.416 e. The lowest BCUT2D eigenvalue weighted by atomic mass is 9.97. The van der Waals surface area contributed by atoms with Gasteiger partial charge in [0.25, 0.3) is 0 Å². The number of rotatable bonds is 3. The molecule has 26 heavy (non-hydrogen) atoms. The maximum Gasteiger partial charge on any atom is 0.416 e. The fraction of sp³-hybridized carbons (Fsp3) is 0.263. The summed E-state index contributed by atoms with van der Waals surface area (Å²) in [4.78, 5) is 15.9. The number of hydrogen-bond donors (Lipinski definition) is 1. The first-order valence-electron chi connectivity index (χ1n) is 7.99. The Labute approximate surface area is 147 Å². The van der Waals surface area contributed by atoms with Crippen molar-refractivity contribution < 1.29 is 27.8 Å². The van der Waals surface area contributed by atoms with Crippen LogP contribution >= 0.6 is 0 Å². The number of aromatic hydroxyl groups is 1. The zero-order valence-electron chi connectivity index (χ0n) is 13.9. The molecule has 0 amide bonds. The van der Waals surface area contributed by atoms with Gasteiger partial charge in [-0.25, -0.2) is 9.78 Å². The number of nitrogens with zero attached hydrogens (tertiary/aromatic N) is 1. The third-order valence-corrected chi connectivity index (χ3v) is 4.32. The molecule has 1 heterocycles. The molecule has 7 heteroatoms. The molecule has 0 fully saturated rings. The maximum absolute atomic E-state index is 13.0. The monoisotopic (exact) mass is 363 g/mol. The summed E-state index contributed by atoms with van der Waals surface area (Å²) in [5.41, 5.74) is 1.29. The largest absolute Gasteiger partial charge is 0.507 e. The molecule has 136 valence electrons. The second-order valence-electron chi connectivity index (χ2n) is 5.94. The van der Waals surface area contributed by atoms with Crippen LogP contribution in [-0.4, -0.2) is 23.2 Å². The van der Waals surface area contributed by atoms with Crippen LogP contribution in [0.2, 0.25) is 0 Å². The van der Waals surface area contributed by atoms with Crippen molar-refractivity contribution in [2.45, 2.75) is 25.4 Å². The molecule has 1 aromatic carbocycles. The van der Waals surface area contributed by atoms with Crippen LogP contribution in [0.1, 0.15) is 46.6 Å². The number of alkyl halides is 3. The molecule has 0 saturated heterocycles. The zero-order valence-corrected chi connectivity index (χ0v) is 13.9. The number of ether oxygens (including phenoxy) is 1. The maximum atomic E-state index is 13.0. The fourth-order valence-electron chi connectivity index (χ4n) is 3.10. The Bertz CT molecular complexity index is 888. The van der Waals surface area contributed by atoms with Gasteiger partial charge < -0.3 is 9.84 Å². The highest BCUT2D eigenvalue weighted by Crippen LogP contribution is 2.43. The van der Waals surface area contributed by atoms with Crippen molar-refractivity contribution in [3.63, 3.8) is 0 Å². The Hall–Kier alpha value is -2.83. The Kier molecular flexibility index (Phi) is 4.71. The average Bonchev–Trinajstić information content (AvgIpc) is 3.10. The third kappa shape index (κ3) is 3.42. The SMILES string of the molecule is COC(=O)c1cccc(C2=C(c3cc(C(F)(F)F)ccc3O)CCC2)n1. The number of carbonyl (C=O) groups is 1. The van der Waals surface area contributed by atoms with E-state index in [0.29, 0.717) is 24.1 Å². The average molecular weight is 363 g/mol. The van der Waals surface area contributed by atoms with E-state index >= 15 is 0 Å². The van der Waals surface area contributed by atoms with Crippen LogP contribution in [0.5, 0.6) is 5.75 Å². The van der Waals surface area contributed by atoms with Gasteiger partial charge in [0.05, 0.1) is 18.4 Å². The molecular weight excluding hydrogens is 347 g/mol. The van der Waals surface area contributed by atoms with Crippen molar-refractivity contribution in [3.8, 4) is 5.75 Å². The number of esters is 1. The quantitative estimate of drug-likeness (QED) is 0.804. The fourth-order valence-corrected chi connectivity index (χ4v) is 3.10. The van der Waals surface area contributed by atoms with E-state index < -0.39 is 17.7 Å².